The van der Waals surface area contributed by atoms with Crippen molar-refractivity contribution in [1.82, 2.24) is 10.6 Å². The molecule has 0 aromatic heterocycles. The van der Waals surface area contributed by atoms with Gasteiger partial charge in [-0.1, -0.05) is 0 Å². The zero-order valence-corrected chi connectivity index (χ0v) is 11.8. The van der Waals surface area contributed by atoms with Crippen LogP contribution in [0.4, 0.5) is 0 Å². The van der Waals surface area contributed by atoms with E-state index in [1.165, 1.54) is 7.11 Å². The van der Waals surface area contributed by atoms with Crippen LogP contribution in [0, 0.1) is 5.92 Å². The van der Waals surface area contributed by atoms with Gasteiger partial charge in [-0.25, -0.2) is 4.79 Å². The summed E-state index contributed by atoms with van der Waals surface area (Å²) in [6, 6.07) is -0.801. The van der Waals surface area contributed by atoms with Crippen molar-refractivity contribution in [2.24, 2.45) is 5.92 Å². The van der Waals surface area contributed by atoms with E-state index in [1.54, 1.807) is 0 Å². The number of nitrogens with one attached hydrogen (secondary N) is 2. The van der Waals surface area contributed by atoms with E-state index in [2.05, 4.69) is 15.4 Å². The number of aliphatic carboxylic acids is 1. The van der Waals surface area contributed by atoms with Gasteiger partial charge in [0.1, 0.15) is 6.04 Å². The molecule has 0 radical (unpaired) electrons. The first-order chi connectivity index (χ1) is 9.43. The zero-order chi connectivity index (χ0) is 15.1. The van der Waals surface area contributed by atoms with E-state index in [1.807, 2.05) is 6.92 Å². The second-order valence-electron chi connectivity index (χ2n) is 5.09. The molecule has 7 heteroatoms. The fraction of sp³-hybridized carbons (Fsp3) is 0.769. The predicted octanol–water partition coefficient (Wildman–Crippen LogP) is -0.103. The molecule has 0 aromatic carbocycles. The number of carbonyl (C=O) groups is 3. The summed E-state index contributed by atoms with van der Waals surface area (Å²) in [5, 5.41) is 14.8. The number of hydrogen-bond acceptors (Lipinski definition) is 5. The topological polar surface area (TPSA) is 105 Å². The smallest absolute Gasteiger partial charge is 0.326 e. The van der Waals surface area contributed by atoms with E-state index >= 15 is 0 Å². The number of methoxy groups -OCH3 is 1. The largest absolute Gasteiger partial charge is 0.480 e. The molecule has 7 nitrogen and oxygen atoms in total. The summed E-state index contributed by atoms with van der Waals surface area (Å²) in [5.74, 6) is -2.05. The van der Waals surface area contributed by atoms with Gasteiger partial charge in [-0.3, -0.25) is 9.59 Å². The van der Waals surface area contributed by atoms with Crippen molar-refractivity contribution in [2.45, 2.75) is 44.7 Å². The highest BCUT2D eigenvalue weighted by molar-refractivity contribution is 5.85. The van der Waals surface area contributed by atoms with Crippen LogP contribution in [0.3, 0.4) is 0 Å². The highest BCUT2D eigenvalue weighted by Gasteiger charge is 2.28. The van der Waals surface area contributed by atoms with Gasteiger partial charge in [0.15, 0.2) is 0 Å². The molecule has 20 heavy (non-hydrogen) atoms. The lowest BCUT2D eigenvalue weighted by Gasteiger charge is -2.28. The first-order valence-electron chi connectivity index (χ1n) is 6.77. The maximum atomic E-state index is 12.1. The molecule has 1 rings (SSSR count). The Hall–Kier alpha value is -1.63. The molecular weight excluding hydrogens is 264 g/mol. The van der Waals surface area contributed by atoms with Gasteiger partial charge < -0.3 is 20.5 Å². The lowest BCUT2D eigenvalue weighted by molar-refractivity contribution is -0.144. The van der Waals surface area contributed by atoms with Crippen molar-refractivity contribution < 1.29 is 24.2 Å². The minimum absolute atomic E-state index is 0.0314. The average Bonchev–Trinajstić information content (AvgIpc) is 2.42. The number of rotatable bonds is 6. The Morgan fingerprint density at radius 2 is 2.15 bits per heavy atom. The number of hydrogen-bond donors (Lipinski definition) is 3. The molecule has 0 aliphatic carbocycles. The van der Waals surface area contributed by atoms with Crippen LogP contribution in [0.15, 0.2) is 0 Å². The molecule has 0 aromatic rings. The second-order valence-corrected chi connectivity index (χ2v) is 5.09. The van der Waals surface area contributed by atoms with Crippen molar-refractivity contribution in [3.63, 3.8) is 0 Å². The van der Waals surface area contributed by atoms with E-state index in [0.717, 1.165) is 6.54 Å². The van der Waals surface area contributed by atoms with Gasteiger partial charge in [-0.2, -0.15) is 0 Å². The standard InChI is InChI=1S/C13H22N2O5/c1-8-7-9(5-6-14-8)12(17)15-10(13(18)19)3-4-11(16)20-2/h8-10,14H,3-7H2,1-2H3,(H,15,17)(H,18,19)/t8?,9?,10-/m0/s1. The van der Waals surface area contributed by atoms with Gasteiger partial charge >= 0.3 is 11.9 Å². The summed E-state index contributed by atoms with van der Waals surface area (Å²) in [5.41, 5.74) is 0. The number of amides is 1. The first kappa shape index (κ1) is 16.4. The fourth-order valence-corrected chi connectivity index (χ4v) is 2.28. The van der Waals surface area contributed by atoms with Crippen LogP contribution in [0.5, 0.6) is 0 Å². The van der Waals surface area contributed by atoms with E-state index in [4.69, 9.17) is 5.11 Å². The normalized spacial score (nSPS) is 23.7. The van der Waals surface area contributed by atoms with Crippen molar-refractivity contribution in [1.29, 1.82) is 0 Å². The van der Waals surface area contributed by atoms with Crippen molar-refractivity contribution in [2.75, 3.05) is 13.7 Å². The van der Waals surface area contributed by atoms with Gasteiger partial charge in [0.2, 0.25) is 5.91 Å². The molecule has 1 heterocycles. The molecule has 1 saturated heterocycles. The number of esters is 1. The molecule has 0 spiro atoms. The summed E-state index contributed by atoms with van der Waals surface area (Å²) >= 11 is 0. The number of carbonyl (C=O) groups excluding carboxylic acids is 2. The van der Waals surface area contributed by atoms with Gasteiger partial charge in [0.05, 0.1) is 7.11 Å². The van der Waals surface area contributed by atoms with Gasteiger partial charge in [0, 0.05) is 18.4 Å². The Kier molecular flexibility index (Phi) is 6.44. The maximum absolute atomic E-state index is 12.1. The SMILES string of the molecule is COC(=O)CC[C@H](NC(=O)C1CCNC(C)C1)C(=O)O. The van der Waals surface area contributed by atoms with E-state index in [-0.39, 0.29) is 30.7 Å². The molecule has 114 valence electrons. The van der Waals surface area contributed by atoms with Crippen molar-refractivity contribution >= 4 is 17.8 Å². The third kappa shape index (κ3) is 5.16. The van der Waals surface area contributed by atoms with Gasteiger partial charge in [0.25, 0.3) is 0 Å². The third-order valence-corrected chi connectivity index (χ3v) is 3.47. The Labute approximate surface area is 118 Å². The molecule has 0 bridgehead atoms. The van der Waals surface area contributed by atoms with E-state index < -0.39 is 18.0 Å². The summed E-state index contributed by atoms with van der Waals surface area (Å²) in [6.45, 7) is 2.74. The summed E-state index contributed by atoms with van der Waals surface area (Å²) in [4.78, 5) is 34.2. The molecule has 3 N–H and O–H groups in total. The van der Waals surface area contributed by atoms with E-state index in [9.17, 15) is 14.4 Å². The zero-order valence-electron chi connectivity index (χ0n) is 11.8. The van der Waals surface area contributed by atoms with Crippen molar-refractivity contribution in [3.05, 3.63) is 0 Å². The van der Waals surface area contributed by atoms with Crippen LogP contribution in [0.1, 0.15) is 32.6 Å². The lowest BCUT2D eigenvalue weighted by Crippen LogP contribution is -2.47. The molecule has 1 aliphatic rings. The number of carboxylic acid groups (broad SMARTS) is 1. The van der Waals surface area contributed by atoms with Crippen LogP contribution in [0.2, 0.25) is 0 Å². The second kappa shape index (κ2) is 7.84. The molecule has 3 atom stereocenters. The van der Waals surface area contributed by atoms with Crippen LogP contribution in [-0.4, -0.2) is 48.7 Å². The van der Waals surface area contributed by atoms with Crippen LogP contribution < -0.4 is 10.6 Å². The third-order valence-electron chi connectivity index (χ3n) is 3.47. The maximum Gasteiger partial charge on any atom is 0.326 e. The molecule has 0 saturated carbocycles. The summed E-state index contributed by atoms with van der Waals surface area (Å²) in [7, 11) is 1.24. The Bertz CT molecular complexity index is 372. The summed E-state index contributed by atoms with van der Waals surface area (Å²) < 4.78 is 4.46. The van der Waals surface area contributed by atoms with Gasteiger partial charge in [-0.05, 0) is 32.7 Å². The first-order valence-corrected chi connectivity index (χ1v) is 6.77. The molecule has 1 amide bonds. The highest BCUT2D eigenvalue weighted by atomic mass is 16.5. The summed E-state index contributed by atoms with van der Waals surface area (Å²) in [6.07, 6.45) is 1.39. The molecule has 1 fully saturated rings. The van der Waals surface area contributed by atoms with Crippen LogP contribution in [-0.2, 0) is 19.1 Å². The minimum Gasteiger partial charge on any atom is -0.480 e. The monoisotopic (exact) mass is 286 g/mol. The predicted molar refractivity (Wildman–Crippen MR) is 71.0 cm³/mol. The number of piperidine rings is 1. The van der Waals surface area contributed by atoms with Crippen molar-refractivity contribution in [3.8, 4) is 0 Å². The molecule has 2 unspecified atom stereocenters. The Balaban J connectivity index is 2.49. The number of ether oxygens (including phenoxy) is 1. The Morgan fingerprint density at radius 1 is 1.45 bits per heavy atom. The number of carboxylic acids is 1. The highest BCUT2D eigenvalue weighted by Crippen LogP contribution is 2.16. The average molecular weight is 286 g/mol. The van der Waals surface area contributed by atoms with Crippen LogP contribution in [0.25, 0.3) is 0 Å². The fourth-order valence-electron chi connectivity index (χ4n) is 2.28. The van der Waals surface area contributed by atoms with Crippen LogP contribution >= 0.6 is 0 Å². The Morgan fingerprint density at radius 3 is 2.70 bits per heavy atom. The molecular formula is C13H22N2O5. The minimum atomic E-state index is -1.13. The molecule has 1 aliphatic heterocycles. The lowest BCUT2D eigenvalue weighted by atomic mass is 9.92. The quantitative estimate of drug-likeness (QED) is 0.589. The van der Waals surface area contributed by atoms with E-state index in [0.29, 0.717) is 12.8 Å². The van der Waals surface area contributed by atoms with Gasteiger partial charge in [-0.15, -0.1) is 0 Å².